The number of hydrogen-bond acceptors (Lipinski definition) is 4. The van der Waals surface area contributed by atoms with Crippen molar-refractivity contribution in [1.29, 1.82) is 0 Å². The van der Waals surface area contributed by atoms with E-state index in [1.54, 1.807) is 19.1 Å². The summed E-state index contributed by atoms with van der Waals surface area (Å²) in [5.74, 6) is -0.494. The van der Waals surface area contributed by atoms with Crippen LogP contribution in [0.1, 0.15) is 17.3 Å². The van der Waals surface area contributed by atoms with Crippen molar-refractivity contribution < 1.29 is 9.59 Å². The molecule has 0 bridgehead atoms. The number of carbonyl (C=O) groups is 2. The van der Waals surface area contributed by atoms with E-state index in [-0.39, 0.29) is 23.8 Å². The zero-order chi connectivity index (χ0) is 12.0. The molecule has 0 radical (unpaired) electrons. The van der Waals surface area contributed by atoms with Gasteiger partial charge < -0.3 is 16.4 Å². The Morgan fingerprint density at radius 3 is 2.81 bits per heavy atom. The van der Waals surface area contributed by atoms with Gasteiger partial charge in [0, 0.05) is 12.7 Å². The first kappa shape index (κ1) is 12.0. The summed E-state index contributed by atoms with van der Waals surface area (Å²) in [6.07, 6.45) is 1.50. The largest absolute Gasteiger partial charge is 0.383 e. The number of amides is 2. The lowest BCUT2D eigenvalue weighted by Gasteiger charge is -2.06. The number of likely N-dealkylation sites (N-methyl/N-ethyl adjacent to an activating group) is 1. The smallest absolute Gasteiger partial charge is 0.255 e. The van der Waals surface area contributed by atoms with Crippen LogP contribution in [0.4, 0.5) is 5.82 Å². The normalized spacial score (nSPS) is 9.56. The van der Waals surface area contributed by atoms with E-state index in [1.807, 2.05) is 0 Å². The second kappa shape index (κ2) is 5.69. The lowest BCUT2D eigenvalue weighted by molar-refractivity contribution is -0.120. The Morgan fingerprint density at radius 1 is 1.44 bits per heavy atom. The average molecular weight is 222 g/mol. The number of hydrogen-bond donors (Lipinski definition) is 3. The Labute approximate surface area is 93.2 Å². The van der Waals surface area contributed by atoms with Crippen molar-refractivity contribution in [2.24, 2.45) is 0 Å². The van der Waals surface area contributed by atoms with Gasteiger partial charge in [-0.2, -0.15) is 0 Å². The molecular weight excluding hydrogens is 208 g/mol. The van der Waals surface area contributed by atoms with Gasteiger partial charge in [-0.05, 0) is 19.1 Å². The van der Waals surface area contributed by atoms with Crippen molar-refractivity contribution in [2.45, 2.75) is 6.92 Å². The zero-order valence-corrected chi connectivity index (χ0v) is 8.99. The number of carbonyl (C=O) groups excluding carboxylic acids is 2. The van der Waals surface area contributed by atoms with Gasteiger partial charge in [0.1, 0.15) is 5.82 Å². The summed E-state index contributed by atoms with van der Waals surface area (Å²) < 4.78 is 0. The maximum atomic E-state index is 11.6. The number of aromatic nitrogens is 1. The summed E-state index contributed by atoms with van der Waals surface area (Å²) in [5, 5.41) is 5.02. The van der Waals surface area contributed by atoms with Crippen molar-refractivity contribution in [3.8, 4) is 0 Å². The maximum absolute atomic E-state index is 11.6. The molecule has 0 atom stereocenters. The molecule has 86 valence electrons. The van der Waals surface area contributed by atoms with Gasteiger partial charge in [0.25, 0.3) is 5.91 Å². The van der Waals surface area contributed by atoms with E-state index in [0.29, 0.717) is 6.54 Å². The highest BCUT2D eigenvalue weighted by Gasteiger charge is 2.10. The van der Waals surface area contributed by atoms with Gasteiger partial charge in [-0.3, -0.25) is 9.59 Å². The molecule has 0 fully saturated rings. The van der Waals surface area contributed by atoms with E-state index < -0.39 is 5.91 Å². The number of anilines is 1. The molecule has 0 aromatic carbocycles. The topological polar surface area (TPSA) is 97.1 Å². The molecule has 1 heterocycles. The van der Waals surface area contributed by atoms with E-state index in [9.17, 15) is 9.59 Å². The van der Waals surface area contributed by atoms with Crippen molar-refractivity contribution in [2.75, 3.05) is 18.8 Å². The zero-order valence-electron chi connectivity index (χ0n) is 8.99. The minimum absolute atomic E-state index is 0.0684. The minimum Gasteiger partial charge on any atom is -0.383 e. The molecule has 0 aliphatic heterocycles. The lowest BCUT2D eigenvalue weighted by atomic mass is 10.2. The molecule has 0 spiro atoms. The van der Waals surface area contributed by atoms with Gasteiger partial charge in [-0.25, -0.2) is 4.98 Å². The molecule has 0 unspecified atom stereocenters. The molecule has 0 aliphatic carbocycles. The monoisotopic (exact) mass is 222 g/mol. The average Bonchev–Trinajstić information content (AvgIpc) is 2.27. The molecule has 2 amide bonds. The van der Waals surface area contributed by atoms with E-state index >= 15 is 0 Å². The molecule has 0 aliphatic rings. The highest BCUT2D eigenvalue weighted by molar-refractivity contribution is 5.99. The fraction of sp³-hybridized carbons (Fsp3) is 0.300. The highest BCUT2D eigenvalue weighted by atomic mass is 16.2. The predicted octanol–water partition coefficient (Wildman–Crippen LogP) is -0.470. The summed E-state index contributed by atoms with van der Waals surface area (Å²) >= 11 is 0. The van der Waals surface area contributed by atoms with E-state index in [0.717, 1.165) is 0 Å². The number of nitrogens with zero attached hydrogens (tertiary/aromatic N) is 1. The third-order valence-corrected chi connectivity index (χ3v) is 1.87. The fourth-order valence-electron chi connectivity index (χ4n) is 1.12. The molecular formula is C10H14N4O2. The number of pyridine rings is 1. The number of nitrogens with two attached hydrogens (primary N) is 1. The van der Waals surface area contributed by atoms with Crippen LogP contribution in [0.5, 0.6) is 0 Å². The Morgan fingerprint density at radius 2 is 2.19 bits per heavy atom. The summed E-state index contributed by atoms with van der Waals surface area (Å²) in [4.78, 5) is 26.4. The molecule has 6 heteroatoms. The Hall–Kier alpha value is -2.11. The SMILES string of the molecule is CCNC(=O)CNC(=O)c1cccnc1N. The summed E-state index contributed by atoms with van der Waals surface area (Å²) in [5.41, 5.74) is 5.78. The second-order valence-electron chi connectivity index (χ2n) is 3.07. The molecule has 6 nitrogen and oxygen atoms in total. The van der Waals surface area contributed by atoms with E-state index in [2.05, 4.69) is 15.6 Å². The molecule has 1 aromatic rings. The number of rotatable bonds is 4. The van der Waals surface area contributed by atoms with Gasteiger partial charge in [-0.15, -0.1) is 0 Å². The van der Waals surface area contributed by atoms with Crippen LogP contribution in [0.2, 0.25) is 0 Å². The Kier molecular flexibility index (Phi) is 4.26. The van der Waals surface area contributed by atoms with E-state index in [1.165, 1.54) is 6.20 Å². The van der Waals surface area contributed by atoms with Crippen LogP contribution in [0.15, 0.2) is 18.3 Å². The quantitative estimate of drug-likeness (QED) is 0.641. The van der Waals surface area contributed by atoms with Crippen LogP contribution in [-0.2, 0) is 4.79 Å². The predicted molar refractivity (Wildman–Crippen MR) is 59.7 cm³/mol. The van der Waals surface area contributed by atoms with Crippen LogP contribution in [0.3, 0.4) is 0 Å². The fourth-order valence-corrected chi connectivity index (χ4v) is 1.12. The Bertz CT molecular complexity index is 392. The molecule has 1 aromatic heterocycles. The summed E-state index contributed by atoms with van der Waals surface area (Å²) in [6, 6.07) is 3.16. The molecule has 16 heavy (non-hydrogen) atoms. The third kappa shape index (κ3) is 3.23. The van der Waals surface area contributed by atoms with Crippen LogP contribution in [0, 0.1) is 0 Å². The van der Waals surface area contributed by atoms with Gasteiger partial charge in [0.15, 0.2) is 0 Å². The van der Waals surface area contributed by atoms with Gasteiger partial charge in [0.05, 0.1) is 12.1 Å². The summed E-state index contributed by atoms with van der Waals surface area (Å²) in [6.45, 7) is 2.27. The van der Waals surface area contributed by atoms with Crippen LogP contribution in [-0.4, -0.2) is 29.9 Å². The van der Waals surface area contributed by atoms with Gasteiger partial charge in [-0.1, -0.05) is 0 Å². The first-order valence-corrected chi connectivity index (χ1v) is 4.90. The molecule has 0 saturated carbocycles. The molecule has 4 N–H and O–H groups in total. The Balaban J connectivity index is 2.54. The standard InChI is InChI=1S/C10H14N4O2/c1-2-12-8(15)6-14-10(16)7-4-3-5-13-9(7)11/h3-5H,2,6H2,1H3,(H2,11,13)(H,12,15)(H,14,16). The first-order chi connectivity index (χ1) is 7.65. The highest BCUT2D eigenvalue weighted by Crippen LogP contribution is 2.05. The van der Waals surface area contributed by atoms with Gasteiger partial charge in [0.2, 0.25) is 5.91 Å². The first-order valence-electron chi connectivity index (χ1n) is 4.90. The second-order valence-corrected chi connectivity index (χ2v) is 3.07. The number of nitrogen functional groups attached to an aromatic ring is 1. The van der Waals surface area contributed by atoms with E-state index in [4.69, 9.17) is 5.73 Å². The number of nitrogens with one attached hydrogen (secondary N) is 2. The van der Waals surface area contributed by atoms with Gasteiger partial charge >= 0.3 is 0 Å². The maximum Gasteiger partial charge on any atom is 0.255 e. The van der Waals surface area contributed by atoms with Crippen LogP contribution >= 0.6 is 0 Å². The third-order valence-electron chi connectivity index (χ3n) is 1.87. The lowest BCUT2D eigenvalue weighted by Crippen LogP contribution is -2.37. The van der Waals surface area contributed by atoms with Crippen LogP contribution < -0.4 is 16.4 Å². The van der Waals surface area contributed by atoms with Crippen LogP contribution in [0.25, 0.3) is 0 Å². The minimum atomic E-state index is -0.406. The molecule has 0 saturated heterocycles. The molecule has 1 rings (SSSR count). The van der Waals surface area contributed by atoms with Crippen molar-refractivity contribution in [3.63, 3.8) is 0 Å². The van der Waals surface area contributed by atoms with Crippen molar-refractivity contribution >= 4 is 17.6 Å². The van der Waals surface area contributed by atoms with Crippen molar-refractivity contribution in [3.05, 3.63) is 23.9 Å². The van der Waals surface area contributed by atoms with Crippen molar-refractivity contribution in [1.82, 2.24) is 15.6 Å². The summed E-state index contributed by atoms with van der Waals surface area (Å²) in [7, 11) is 0.